The number of hydrogen-bond donors (Lipinski definition) is 0. The number of carbonyl (C=O) groups excluding carboxylic acids is 1. The predicted octanol–water partition coefficient (Wildman–Crippen LogP) is 1.83. The van der Waals surface area contributed by atoms with Gasteiger partial charge in [0.25, 0.3) is 0 Å². The second kappa shape index (κ2) is 4.94. The average Bonchev–Trinajstić information content (AvgIpc) is 1.93. The lowest BCUT2D eigenvalue weighted by atomic mass is 9.99. The van der Waals surface area contributed by atoms with Gasteiger partial charge in [0.1, 0.15) is 0 Å². The van der Waals surface area contributed by atoms with Gasteiger partial charge in [-0.1, -0.05) is 0 Å². The van der Waals surface area contributed by atoms with Crippen molar-refractivity contribution in [1.82, 2.24) is 4.90 Å². The van der Waals surface area contributed by atoms with Crippen molar-refractivity contribution in [3.8, 4) is 0 Å². The highest BCUT2D eigenvalue weighted by atomic mass is 16.5. The van der Waals surface area contributed by atoms with Crippen LogP contribution in [0.2, 0.25) is 0 Å². The summed E-state index contributed by atoms with van der Waals surface area (Å²) in [5.74, 6) is -0.159. The third-order valence-electron chi connectivity index (χ3n) is 2.48. The Kier molecular flexibility index (Phi) is 4.20. The fourth-order valence-electron chi connectivity index (χ4n) is 2.54. The molecule has 1 aliphatic rings. The molecule has 0 unspecified atom stereocenters. The van der Waals surface area contributed by atoms with E-state index in [9.17, 15) is 4.79 Å². The normalized spacial score (nSPS) is 23.7. The van der Waals surface area contributed by atoms with Crippen LogP contribution in [0.4, 0.5) is 0 Å². The Morgan fingerprint density at radius 2 is 1.71 bits per heavy atom. The molecule has 100 valence electrons. The molecular weight excluding hydrogens is 218 g/mol. The lowest BCUT2D eigenvalue weighted by molar-refractivity contribution is -0.185. The van der Waals surface area contributed by atoms with Crippen LogP contribution in [0, 0.1) is 0 Å². The van der Waals surface area contributed by atoms with Gasteiger partial charge in [-0.05, 0) is 41.5 Å². The number of carbonyl (C=O) groups is 1. The minimum Gasteiger partial charge on any atom is -0.462 e. The highest BCUT2D eigenvalue weighted by molar-refractivity contribution is 5.71. The molecule has 17 heavy (non-hydrogen) atoms. The van der Waals surface area contributed by atoms with Crippen molar-refractivity contribution in [3.63, 3.8) is 0 Å². The molecule has 0 amide bonds. The van der Waals surface area contributed by atoms with Crippen LogP contribution in [-0.4, -0.2) is 47.8 Å². The third-order valence-corrected chi connectivity index (χ3v) is 2.48. The van der Waals surface area contributed by atoms with E-state index in [0.717, 1.165) is 13.1 Å². The number of hydrogen-bond acceptors (Lipinski definition) is 4. The van der Waals surface area contributed by atoms with Crippen molar-refractivity contribution in [1.29, 1.82) is 0 Å². The zero-order valence-electron chi connectivity index (χ0n) is 11.9. The molecule has 0 radical (unpaired) electrons. The van der Waals surface area contributed by atoms with Gasteiger partial charge in [-0.2, -0.15) is 0 Å². The summed E-state index contributed by atoms with van der Waals surface area (Å²) in [5.41, 5.74) is -0.445. The lowest BCUT2D eigenvalue weighted by Crippen LogP contribution is -2.58. The Balaban J connectivity index is 2.56. The fourth-order valence-corrected chi connectivity index (χ4v) is 2.54. The van der Waals surface area contributed by atoms with Crippen LogP contribution in [0.1, 0.15) is 41.5 Å². The van der Waals surface area contributed by atoms with E-state index in [4.69, 9.17) is 9.47 Å². The largest absolute Gasteiger partial charge is 0.462 e. The minimum absolute atomic E-state index is 0.0513. The maximum atomic E-state index is 11.6. The molecule has 0 saturated carbocycles. The third kappa shape index (κ3) is 5.04. The van der Waals surface area contributed by atoms with Gasteiger partial charge in [0.05, 0.1) is 23.9 Å². The molecule has 0 aromatic heterocycles. The van der Waals surface area contributed by atoms with Crippen molar-refractivity contribution in [3.05, 3.63) is 0 Å². The quantitative estimate of drug-likeness (QED) is 0.709. The summed E-state index contributed by atoms with van der Waals surface area (Å²) >= 11 is 0. The van der Waals surface area contributed by atoms with Crippen LogP contribution >= 0.6 is 0 Å². The van der Waals surface area contributed by atoms with Gasteiger partial charge >= 0.3 is 5.97 Å². The summed E-state index contributed by atoms with van der Waals surface area (Å²) in [6.45, 7) is 13.8. The lowest BCUT2D eigenvalue weighted by Gasteiger charge is -2.46. The molecule has 0 spiro atoms. The Labute approximate surface area is 104 Å². The van der Waals surface area contributed by atoms with Crippen LogP contribution < -0.4 is 0 Å². The molecule has 1 rings (SSSR count). The van der Waals surface area contributed by atoms with E-state index in [0.29, 0.717) is 6.54 Å². The molecular formula is C13H25NO3. The smallest absolute Gasteiger partial charge is 0.320 e. The van der Waals surface area contributed by atoms with Crippen LogP contribution in [0.25, 0.3) is 0 Å². The van der Waals surface area contributed by atoms with Crippen molar-refractivity contribution < 1.29 is 14.3 Å². The molecule has 1 heterocycles. The standard InChI is InChI=1S/C13H25NO3/c1-10(2)16-11(15)7-14-8-12(3,4)17-13(5,6)9-14/h10H,7-9H2,1-6H3. The molecule has 1 aliphatic heterocycles. The van der Waals surface area contributed by atoms with E-state index < -0.39 is 0 Å². The second-order valence-corrected chi connectivity index (χ2v) is 6.31. The van der Waals surface area contributed by atoms with Crippen molar-refractivity contribution >= 4 is 5.97 Å². The summed E-state index contributed by atoms with van der Waals surface area (Å²) in [7, 11) is 0. The maximum Gasteiger partial charge on any atom is 0.320 e. The number of nitrogens with zero attached hydrogens (tertiary/aromatic N) is 1. The maximum absolute atomic E-state index is 11.6. The fraction of sp³-hybridized carbons (Fsp3) is 0.923. The Hall–Kier alpha value is -0.610. The number of morpholine rings is 1. The summed E-state index contributed by atoms with van der Waals surface area (Å²) in [6, 6.07) is 0. The van der Waals surface area contributed by atoms with E-state index in [1.165, 1.54) is 0 Å². The van der Waals surface area contributed by atoms with E-state index in [1.54, 1.807) is 0 Å². The SMILES string of the molecule is CC(C)OC(=O)CN1CC(C)(C)OC(C)(C)C1. The van der Waals surface area contributed by atoms with Crippen molar-refractivity contribution in [2.75, 3.05) is 19.6 Å². The molecule has 0 N–H and O–H groups in total. The Morgan fingerprint density at radius 3 is 2.12 bits per heavy atom. The second-order valence-electron chi connectivity index (χ2n) is 6.31. The van der Waals surface area contributed by atoms with Crippen LogP contribution in [0.15, 0.2) is 0 Å². The molecule has 4 heteroatoms. The number of ether oxygens (including phenoxy) is 2. The zero-order chi connectivity index (χ0) is 13.3. The molecule has 0 aromatic rings. The molecule has 0 aromatic carbocycles. The highest BCUT2D eigenvalue weighted by Crippen LogP contribution is 2.27. The van der Waals surface area contributed by atoms with Crippen molar-refractivity contribution in [2.24, 2.45) is 0 Å². The van der Waals surface area contributed by atoms with E-state index in [-0.39, 0.29) is 23.3 Å². The Morgan fingerprint density at radius 1 is 1.24 bits per heavy atom. The zero-order valence-corrected chi connectivity index (χ0v) is 11.9. The average molecular weight is 243 g/mol. The van der Waals surface area contributed by atoms with Gasteiger partial charge < -0.3 is 9.47 Å². The van der Waals surface area contributed by atoms with E-state index in [1.807, 2.05) is 13.8 Å². The van der Waals surface area contributed by atoms with Gasteiger partial charge in [0.15, 0.2) is 0 Å². The van der Waals surface area contributed by atoms with Crippen LogP contribution in [0.3, 0.4) is 0 Å². The molecule has 4 nitrogen and oxygen atoms in total. The van der Waals surface area contributed by atoms with E-state index in [2.05, 4.69) is 32.6 Å². The first-order chi connectivity index (χ1) is 7.60. The predicted molar refractivity (Wildman–Crippen MR) is 66.9 cm³/mol. The van der Waals surface area contributed by atoms with Crippen LogP contribution in [-0.2, 0) is 14.3 Å². The van der Waals surface area contributed by atoms with Crippen LogP contribution in [0.5, 0.6) is 0 Å². The van der Waals surface area contributed by atoms with Gasteiger partial charge in [-0.3, -0.25) is 9.69 Å². The van der Waals surface area contributed by atoms with Gasteiger partial charge in [0.2, 0.25) is 0 Å². The van der Waals surface area contributed by atoms with E-state index >= 15 is 0 Å². The summed E-state index contributed by atoms with van der Waals surface area (Å²) in [4.78, 5) is 13.7. The molecule has 0 atom stereocenters. The highest BCUT2D eigenvalue weighted by Gasteiger charge is 2.38. The summed E-state index contributed by atoms with van der Waals surface area (Å²) in [5, 5.41) is 0. The minimum atomic E-state index is -0.222. The van der Waals surface area contributed by atoms with Gasteiger partial charge in [0, 0.05) is 13.1 Å². The van der Waals surface area contributed by atoms with Gasteiger partial charge in [-0.25, -0.2) is 0 Å². The molecule has 0 aliphatic carbocycles. The molecule has 1 saturated heterocycles. The monoisotopic (exact) mass is 243 g/mol. The van der Waals surface area contributed by atoms with Gasteiger partial charge in [-0.15, -0.1) is 0 Å². The first kappa shape index (κ1) is 14.5. The van der Waals surface area contributed by atoms with Crippen molar-refractivity contribution in [2.45, 2.75) is 58.8 Å². The topological polar surface area (TPSA) is 38.8 Å². The number of rotatable bonds is 3. The molecule has 1 fully saturated rings. The summed E-state index contributed by atoms with van der Waals surface area (Å²) in [6.07, 6.45) is -0.0513. The first-order valence-electron chi connectivity index (χ1n) is 6.22. The number of esters is 1. The molecule has 0 bridgehead atoms. The Bertz CT molecular complexity index is 268. The first-order valence-corrected chi connectivity index (χ1v) is 6.22. The summed E-state index contributed by atoms with van der Waals surface area (Å²) < 4.78 is 11.1.